The molecule has 1 aliphatic rings. The van der Waals surface area contributed by atoms with E-state index in [1.807, 2.05) is 0 Å². The zero-order valence-electron chi connectivity index (χ0n) is 14.1. The molecular formula is C16H24ClN3O5. The number of halogens is 1. The lowest BCUT2D eigenvalue weighted by atomic mass is 9.84. The highest BCUT2D eigenvalue weighted by atomic mass is 35.5. The number of amides is 1. The van der Waals surface area contributed by atoms with Crippen molar-refractivity contribution in [2.45, 2.75) is 31.7 Å². The predicted octanol–water partition coefficient (Wildman–Crippen LogP) is 2.04. The molecule has 2 atom stereocenters. The zero-order valence-corrected chi connectivity index (χ0v) is 14.9. The molecule has 25 heavy (non-hydrogen) atoms. The fourth-order valence-corrected chi connectivity index (χ4v) is 2.98. The molecule has 1 aliphatic carbocycles. The third kappa shape index (κ3) is 5.75. The maximum atomic E-state index is 12.1. The minimum absolute atomic E-state index is 0. The molecule has 1 fully saturated rings. The Morgan fingerprint density at radius 3 is 2.76 bits per heavy atom. The largest absolute Gasteiger partial charge is 0.490 e. The van der Waals surface area contributed by atoms with Gasteiger partial charge in [0.1, 0.15) is 5.75 Å². The van der Waals surface area contributed by atoms with Gasteiger partial charge in [-0.05, 0) is 31.4 Å². The first-order valence-electron chi connectivity index (χ1n) is 7.99. The third-order valence-corrected chi connectivity index (χ3v) is 4.28. The summed E-state index contributed by atoms with van der Waals surface area (Å²) in [5.41, 5.74) is 5.60. The van der Waals surface area contributed by atoms with E-state index in [0.717, 1.165) is 25.7 Å². The highest BCUT2D eigenvalue weighted by Gasteiger charge is 2.25. The number of nitro benzene ring substituents is 1. The van der Waals surface area contributed by atoms with Gasteiger partial charge in [0, 0.05) is 18.2 Å². The zero-order chi connectivity index (χ0) is 17.5. The first-order chi connectivity index (χ1) is 11.5. The molecule has 9 heteroatoms. The van der Waals surface area contributed by atoms with E-state index in [-0.39, 0.29) is 42.4 Å². The standard InChI is InChI=1S/C16H23N3O5.ClH/c1-23-15-8-12(6-7-14(15)19(21)22)24-10-16(20)18-13-5-3-2-4-11(13)9-17;/h6-8,11,13H,2-5,9-10,17H2,1H3,(H,18,20);1H. The summed E-state index contributed by atoms with van der Waals surface area (Å²) in [6.07, 6.45) is 4.19. The van der Waals surface area contributed by atoms with Crippen molar-refractivity contribution in [2.75, 3.05) is 20.3 Å². The number of nitrogens with two attached hydrogens (primary N) is 1. The first kappa shape index (κ1) is 21.0. The van der Waals surface area contributed by atoms with Gasteiger partial charge in [0.2, 0.25) is 5.75 Å². The average Bonchev–Trinajstić information content (AvgIpc) is 2.60. The molecule has 0 aromatic heterocycles. The Morgan fingerprint density at radius 2 is 2.12 bits per heavy atom. The molecule has 1 amide bonds. The normalized spacial score (nSPS) is 19.4. The SMILES string of the molecule is COc1cc(OCC(=O)NC2CCCCC2CN)ccc1[N+](=O)[O-].Cl. The van der Waals surface area contributed by atoms with Crippen LogP contribution in [0.25, 0.3) is 0 Å². The molecule has 1 aromatic carbocycles. The Balaban J connectivity index is 0.00000312. The summed E-state index contributed by atoms with van der Waals surface area (Å²) >= 11 is 0. The van der Waals surface area contributed by atoms with Crippen molar-refractivity contribution in [1.29, 1.82) is 0 Å². The molecule has 0 bridgehead atoms. The molecule has 0 saturated heterocycles. The number of nitrogens with zero attached hydrogens (tertiary/aromatic N) is 1. The van der Waals surface area contributed by atoms with Crippen LogP contribution in [0.2, 0.25) is 0 Å². The number of nitrogens with one attached hydrogen (secondary N) is 1. The molecule has 0 radical (unpaired) electrons. The molecule has 2 rings (SSSR count). The molecule has 1 saturated carbocycles. The number of carbonyl (C=O) groups is 1. The van der Waals surface area contributed by atoms with Crippen LogP contribution in [0.3, 0.4) is 0 Å². The number of hydrogen-bond donors (Lipinski definition) is 2. The summed E-state index contributed by atoms with van der Waals surface area (Å²) in [5, 5.41) is 13.8. The van der Waals surface area contributed by atoms with Crippen molar-refractivity contribution in [3.63, 3.8) is 0 Å². The maximum absolute atomic E-state index is 12.1. The lowest BCUT2D eigenvalue weighted by Crippen LogP contribution is -2.46. The van der Waals surface area contributed by atoms with Gasteiger partial charge in [-0.3, -0.25) is 14.9 Å². The number of hydrogen-bond acceptors (Lipinski definition) is 6. The van der Waals surface area contributed by atoms with Gasteiger partial charge in [-0.2, -0.15) is 0 Å². The second kappa shape index (κ2) is 10.0. The van der Waals surface area contributed by atoms with E-state index in [1.54, 1.807) is 0 Å². The van der Waals surface area contributed by atoms with Crippen molar-refractivity contribution in [2.24, 2.45) is 11.7 Å². The fraction of sp³-hybridized carbons (Fsp3) is 0.562. The number of benzene rings is 1. The smallest absolute Gasteiger partial charge is 0.311 e. The van der Waals surface area contributed by atoms with Crippen LogP contribution in [0.4, 0.5) is 5.69 Å². The van der Waals surface area contributed by atoms with Gasteiger partial charge in [-0.1, -0.05) is 12.8 Å². The highest BCUT2D eigenvalue weighted by molar-refractivity contribution is 5.85. The Hall–Kier alpha value is -2.06. The number of nitro groups is 1. The Labute approximate surface area is 152 Å². The van der Waals surface area contributed by atoms with Gasteiger partial charge in [0.25, 0.3) is 5.91 Å². The van der Waals surface area contributed by atoms with E-state index >= 15 is 0 Å². The number of ether oxygens (including phenoxy) is 2. The Morgan fingerprint density at radius 1 is 1.40 bits per heavy atom. The number of methoxy groups -OCH3 is 1. The minimum Gasteiger partial charge on any atom is -0.490 e. The summed E-state index contributed by atoms with van der Waals surface area (Å²) < 4.78 is 10.4. The van der Waals surface area contributed by atoms with E-state index in [0.29, 0.717) is 18.2 Å². The van der Waals surface area contributed by atoms with Gasteiger partial charge in [-0.15, -0.1) is 12.4 Å². The Bertz CT molecular complexity index is 599. The van der Waals surface area contributed by atoms with Crippen LogP contribution in [0.15, 0.2) is 18.2 Å². The van der Waals surface area contributed by atoms with E-state index < -0.39 is 4.92 Å². The maximum Gasteiger partial charge on any atom is 0.311 e. The molecule has 0 aliphatic heterocycles. The molecule has 2 unspecified atom stereocenters. The van der Waals surface area contributed by atoms with E-state index in [1.165, 1.54) is 25.3 Å². The van der Waals surface area contributed by atoms with Crippen molar-refractivity contribution < 1.29 is 19.2 Å². The first-order valence-corrected chi connectivity index (χ1v) is 7.99. The van der Waals surface area contributed by atoms with Crippen LogP contribution in [-0.2, 0) is 4.79 Å². The van der Waals surface area contributed by atoms with Crippen molar-refractivity contribution in [3.05, 3.63) is 28.3 Å². The number of rotatable bonds is 7. The van der Waals surface area contributed by atoms with Gasteiger partial charge in [-0.25, -0.2) is 0 Å². The highest BCUT2D eigenvalue weighted by Crippen LogP contribution is 2.30. The molecule has 1 aromatic rings. The quantitative estimate of drug-likeness (QED) is 0.558. The lowest BCUT2D eigenvalue weighted by molar-refractivity contribution is -0.385. The molecule has 0 heterocycles. The van der Waals surface area contributed by atoms with Crippen molar-refractivity contribution in [3.8, 4) is 11.5 Å². The van der Waals surface area contributed by atoms with Crippen molar-refractivity contribution >= 4 is 24.0 Å². The van der Waals surface area contributed by atoms with E-state index in [4.69, 9.17) is 15.2 Å². The third-order valence-electron chi connectivity index (χ3n) is 4.28. The lowest BCUT2D eigenvalue weighted by Gasteiger charge is -2.31. The van der Waals surface area contributed by atoms with Crippen LogP contribution in [0.5, 0.6) is 11.5 Å². The molecule has 0 spiro atoms. The number of carbonyl (C=O) groups excluding carboxylic acids is 1. The monoisotopic (exact) mass is 373 g/mol. The van der Waals surface area contributed by atoms with Crippen molar-refractivity contribution in [1.82, 2.24) is 5.32 Å². The summed E-state index contributed by atoms with van der Waals surface area (Å²) in [6, 6.07) is 4.22. The fourth-order valence-electron chi connectivity index (χ4n) is 2.98. The Kier molecular flexibility index (Phi) is 8.44. The van der Waals surface area contributed by atoms with E-state index in [9.17, 15) is 14.9 Å². The summed E-state index contributed by atoms with van der Waals surface area (Å²) in [6.45, 7) is 0.403. The van der Waals surface area contributed by atoms with Gasteiger partial charge >= 0.3 is 5.69 Å². The van der Waals surface area contributed by atoms with Crippen LogP contribution in [0, 0.1) is 16.0 Å². The topological polar surface area (TPSA) is 117 Å². The van der Waals surface area contributed by atoms with Crippen LogP contribution in [-0.4, -0.2) is 37.1 Å². The molecule has 3 N–H and O–H groups in total. The predicted molar refractivity (Wildman–Crippen MR) is 95.3 cm³/mol. The average molecular weight is 374 g/mol. The minimum atomic E-state index is -0.536. The summed E-state index contributed by atoms with van der Waals surface area (Å²) in [7, 11) is 1.34. The molecule has 8 nitrogen and oxygen atoms in total. The summed E-state index contributed by atoms with van der Waals surface area (Å²) in [4.78, 5) is 22.4. The second-order valence-corrected chi connectivity index (χ2v) is 5.83. The van der Waals surface area contributed by atoms with Gasteiger partial charge < -0.3 is 20.5 Å². The van der Waals surface area contributed by atoms with Gasteiger partial charge in [0.15, 0.2) is 6.61 Å². The van der Waals surface area contributed by atoms with Crippen LogP contribution in [0.1, 0.15) is 25.7 Å². The molecular weight excluding hydrogens is 350 g/mol. The molecule has 140 valence electrons. The van der Waals surface area contributed by atoms with Gasteiger partial charge in [0.05, 0.1) is 12.0 Å². The summed E-state index contributed by atoms with van der Waals surface area (Å²) in [5.74, 6) is 0.514. The van der Waals surface area contributed by atoms with E-state index in [2.05, 4.69) is 5.32 Å². The van der Waals surface area contributed by atoms with Crippen LogP contribution < -0.4 is 20.5 Å². The van der Waals surface area contributed by atoms with Crippen LogP contribution >= 0.6 is 12.4 Å². The second-order valence-electron chi connectivity index (χ2n) is 5.83.